The van der Waals surface area contributed by atoms with Gasteiger partial charge in [0, 0.05) is 22.8 Å². The first-order valence-corrected chi connectivity index (χ1v) is 10.7. The molecule has 2 saturated carbocycles. The minimum absolute atomic E-state index is 0.183. The van der Waals surface area contributed by atoms with Gasteiger partial charge in [0.1, 0.15) is 5.82 Å². The van der Waals surface area contributed by atoms with E-state index in [1.807, 2.05) is 18.0 Å². The Labute approximate surface area is 158 Å². The second kappa shape index (κ2) is 5.99. The summed E-state index contributed by atoms with van der Waals surface area (Å²) in [7, 11) is 0. The van der Waals surface area contributed by atoms with Crippen LogP contribution in [0.4, 0.5) is 0 Å². The molecule has 0 radical (unpaired) electrons. The van der Waals surface area contributed by atoms with Gasteiger partial charge in [-0.15, -0.1) is 11.8 Å². The van der Waals surface area contributed by atoms with Gasteiger partial charge in [0.15, 0.2) is 0 Å². The van der Waals surface area contributed by atoms with Gasteiger partial charge in [0.25, 0.3) is 0 Å². The summed E-state index contributed by atoms with van der Waals surface area (Å²) in [6.07, 6.45) is 6.76. The number of nitrogens with zero attached hydrogens (tertiary/aromatic N) is 2. The molecule has 0 spiro atoms. The predicted octanol–water partition coefficient (Wildman–Crippen LogP) is 2.65. The van der Waals surface area contributed by atoms with Crippen LogP contribution < -0.4 is 10.6 Å². The Morgan fingerprint density at radius 1 is 1.38 bits per heavy atom. The number of amides is 1. The Bertz CT molecular complexity index is 847. The van der Waals surface area contributed by atoms with Gasteiger partial charge in [-0.2, -0.15) is 0 Å². The van der Waals surface area contributed by atoms with Crippen molar-refractivity contribution in [2.75, 3.05) is 18.8 Å². The lowest BCUT2D eigenvalue weighted by molar-refractivity contribution is -0.124. The second-order valence-corrected chi connectivity index (χ2v) is 9.65. The molecule has 1 saturated heterocycles. The van der Waals surface area contributed by atoms with Gasteiger partial charge in [-0.1, -0.05) is 0 Å². The normalized spacial score (nSPS) is 27.5. The summed E-state index contributed by atoms with van der Waals surface area (Å²) < 4.78 is 2.14. The van der Waals surface area contributed by atoms with Crippen LogP contribution in [0, 0.1) is 23.7 Å². The first kappa shape index (κ1) is 16.6. The molecule has 0 unspecified atom stereocenters. The topological polar surface area (TPSA) is 58.4 Å². The summed E-state index contributed by atoms with van der Waals surface area (Å²) in [4.78, 5) is 18.7. The van der Waals surface area contributed by atoms with Gasteiger partial charge >= 0.3 is 0 Å². The van der Waals surface area contributed by atoms with Gasteiger partial charge in [0.05, 0.1) is 17.3 Å². The third kappa shape index (κ3) is 2.83. The zero-order chi connectivity index (χ0) is 17.9. The van der Waals surface area contributed by atoms with E-state index < -0.39 is 5.54 Å². The molecule has 3 aliphatic rings. The zero-order valence-corrected chi connectivity index (χ0v) is 16.2. The molecule has 6 heteroatoms. The quantitative estimate of drug-likeness (QED) is 0.768. The number of hydrogen-bond donors (Lipinski definition) is 2. The zero-order valence-electron chi connectivity index (χ0n) is 15.4. The van der Waals surface area contributed by atoms with Crippen LogP contribution in [0.5, 0.6) is 0 Å². The minimum Gasteiger partial charge on any atom is -0.344 e. The van der Waals surface area contributed by atoms with Crippen molar-refractivity contribution in [1.29, 1.82) is 0 Å². The molecule has 26 heavy (non-hydrogen) atoms. The van der Waals surface area contributed by atoms with Crippen molar-refractivity contribution >= 4 is 23.2 Å². The van der Waals surface area contributed by atoms with Crippen molar-refractivity contribution in [3.8, 4) is 0 Å². The van der Waals surface area contributed by atoms with Crippen molar-refractivity contribution in [3.05, 3.63) is 30.4 Å². The Balaban J connectivity index is 1.36. The molecule has 2 aromatic rings. The molecule has 3 heterocycles. The van der Waals surface area contributed by atoms with E-state index in [9.17, 15) is 4.79 Å². The average Bonchev–Trinajstić information content (AvgIpc) is 3.46. The molecule has 2 aromatic heterocycles. The van der Waals surface area contributed by atoms with Gasteiger partial charge in [0.2, 0.25) is 5.91 Å². The Kier molecular flexibility index (Phi) is 3.83. The fraction of sp³-hybridized carbons (Fsp3) is 0.600. The van der Waals surface area contributed by atoms with Crippen LogP contribution in [0.1, 0.15) is 32.5 Å². The fourth-order valence-corrected chi connectivity index (χ4v) is 5.55. The number of carbonyl (C=O) groups excluding carboxylic acids is 1. The first-order chi connectivity index (χ1) is 12.5. The molecule has 0 aromatic carbocycles. The smallest absolute Gasteiger partial charge is 0.224 e. The summed E-state index contributed by atoms with van der Waals surface area (Å²) >= 11 is 1.93. The lowest BCUT2D eigenvalue weighted by Gasteiger charge is -2.26. The third-order valence-corrected chi connectivity index (χ3v) is 7.39. The average molecular weight is 371 g/mol. The van der Waals surface area contributed by atoms with Crippen LogP contribution >= 0.6 is 11.8 Å². The monoisotopic (exact) mass is 370 g/mol. The number of nitrogens with one attached hydrogen (secondary N) is 2. The molecule has 2 N–H and O–H groups in total. The van der Waals surface area contributed by atoms with E-state index in [2.05, 4.69) is 47.2 Å². The largest absolute Gasteiger partial charge is 0.344 e. The number of hydrogen-bond acceptors (Lipinski definition) is 4. The number of thioether (sulfide) groups is 1. The molecule has 3 fully saturated rings. The lowest BCUT2D eigenvalue weighted by atomic mass is 10.0. The van der Waals surface area contributed by atoms with Gasteiger partial charge in [-0.3, -0.25) is 4.79 Å². The van der Waals surface area contributed by atoms with Crippen molar-refractivity contribution in [2.24, 2.45) is 23.7 Å². The Morgan fingerprint density at radius 3 is 2.88 bits per heavy atom. The SMILES string of the molecule is CC(C)(NC(=O)[C@H]1[C@@H]2CNC[C@@H]21)c1ncc2c(SCC3CC3)cccn12. The van der Waals surface area contributed by atoms with E-state index in [1.54, 1.807) is 0 Å². The van der Waals surface area contributed by atoms with E-state index in [1.165, 1.54) is 23.5 Å². The summed E-state index contributed by atoms with van der Waals surface area (Å²) in [6, 6.07) is 4.26. The predicted molar refractivity (Wildman–Crippen MR) is 103 cm³/mol. The maximum absolute atomic E-state index is 12.7. The molecule has 1 amide bonds. The van der Waals surface area contributed by atoms with E-state index in [-0.39, 0.29) is 11.8 Å². The van der Waals surface area contributed by atoms with Gasteiger partial charge in [-0.05, 0) is 69.7 Å². The van der Waals surface area contributed by atoms with Crippen molar-refractivity contribution in [2.45, 2.75) is 37.1 Å². The van der Waals surface area contributed by atoms with E-state index in [0.717, 1.165) is 30.3 Å². The number of pyridine rings is 1. The molecule has 3 atom stereocenters. The summed E-state index contributed by atoms with van der Waals surface area (Å²) in [5, 5.41) is 6.62. The van der Waals surface area contributed by atoms with Crippen molar-refractivity contribution in [1.82, 2.24) is 20.0 Å². The van der Waals surface area contributed by atoms with E-state index in [0.29, 0.717) is 11.8 Å². The number of aromatic nitrogens is 2. The number of piperidine rings is 1. The van der Waals surface area contributed by atoms with Crippen LogP contribution in [0.25, 0.3) is 5.52 Å². The number of carbonyl (C=O) groups is 1. The van der Waals surface area contributed by atoms with Crippen molar-refractivity contribution in [3.63, 3.8) is 0 Å². The summed E-state index contributed by atoms with van der Waals surface area (Å²) in [6.45, 7) is 6.08. The third-order valence-electron chi connectivity index (χ3n) is 6.09. The first-order valence-electron chi connectivity index (χ1n) is 9.67. The summed E-state index contributed by atoms with van der Waals surface area (Å²) in [5.74, 6) is 4.43. The standard InChI is InChI=1S/C20H26N4OS/c1-20(2,23-18(25)17-13-8-21-9-14(13)17)19-22-10-15-16(4-3-7-24(15)19)26-11-12-5-6-12/h3-4,7,10,12-14,17,21H,5-6,8-9,11H2,1-2H3,(H,23,25)/t13-,14+,17+. The molecular weight excluding hydrogens is 344 g/mol. The molecule has 5 nitrogen and oxygen atoms in total. The van der Waals surface area contributed by atoms with Gasteiger partial charge in [-0.25, -0.2) is 4.98 Å². The highest BCUT2D eigenvalue weighted by Crippen LogP contribution is 2.49. The maximum atomic E-state index is 12.7. The highest BCUT2D eigenvalue weighted by Gasteiger charge is 2.57. The van der Waals surface area contributed by atoms with Crippen LogP contribution in [-0.2, 0) is 10.3 Å². The highest BCUT2D eigenvalue weighted by atomic mass is 32.2. The van der Waals surface area contributed by atoms with Crippen molar-refractivity contribution < 1.29 is 4.79 Å². The molecular formula is C20H26N4OS. The highest BCUT2D eigenvalue weighted by molar-refractivity contribution is 7.99. The van der Waals surface area contributed by atoms with Crippen LogP contribution in [-0.4, -0.2) is 34.1 Å². The molecule has 5 rings (SSSR count). The fourth-order valence-electron chi connectivity index (χ4n) is 4.33. The Hall–Kier alpha value is -1.53. The van der Waals surface area contributed by atoms with E-state index >= 15 is 0 Å². The second-order valence-electron chi connectivity index (χ2n) is 8.59. The Morgan fingerprint density at radius 2 is 2.15 bits per heavy atom. The number of imidazole rings is 1. The maximum Gasteiger partial charge on any atom is 0.224 e. The minimum atomic E-state index is -0.492. The van der Waals surface area contributed by atoms with E-state index in [4.69, 9.17) is 4.98 Å². The van der Waals surface area contributed by atoms with Crippen LogP contribution in [0.3, 0.4) is 0 Å². The van der Waals surface area contributed by atoms with Crippen LogP contribution in [0.2, 0.25) is 0 Å². The number of rotatable bonds is 6. The molecule has 2 aliphatic carbocycles. The molecule has 138 valence electrons. The summed E-state index contributed by atoms with van der Waals surface area (Å²) in [5.41, 5.74) is 0.649. The lowest BCUT2D eigenvalue weighted by Crippen LogP contribution is -2.44. The molecule has 1 aliphatic heterocycles. The van der Waals surface area contributed by atoms with Crippen LogP contribution in [0.15, 0.2) is 29.4 Å². The number of fused-ring (bicyclic) bond motifs is 2. The molecule has 0 bridgehead atoms. The van der Waals surface area contributed by atoms with Gasteiger partial charge < -0.3 is 15.0 Å².